The maximum atomic E-state index is 11.7. The molecule has 1 heterocycles. The van der Waals surface area contributed by atoms with Gasteiger partial charge in [-0.1, -0.05) is 48.5 Å². The van der Waals surface area contributed by atoms with Crippen molar-refractivity contribution in [3.05, 3.63) is 148 Å². The summed E-state index contributed by atoms with van der Waals surface area (Å²) in [4.78, 5) is 14.3. The highest BCUT2D eigenvalue weighted by molar-refractivity contribution is 5.87. The van der Waals surface area contributed by atoms with Crippen LogP contribution in [0.4, 0.5) is 11.4 Å². The molecule has 0 spiro atoms. The van der Waals surface area contributed by atoms with E-state index in [9.17, 15) is 15.0 Å². The van der Waals surface area contributed by atoms with E-state index in [0.717, 1.165) is 59.1 Å². The summed E-state index contributed by atoms with van der Waals surface area (Å²) >= 11 is 0. The molecule has 256 valence electrons. The van der Waals surface area contributed by atoms with Gasteiger partial charge in [0.05, 0.1) is 25.8 Å². The number of fused-ring (bicyclic) bond motifs is 1. The van der Waals surface area contributed by atoms with E-state index in [-0.39, 0.29) is 11.3 Å². The van der Waals surface area contributed by atoms with Crippen LogP contribution in [0.2, 0.25) is 0 Å². The number of nitrogens with one attached hydrogen (secondary N) is 4. The third-order valence-corrected chi connectivity index (χ3v) is 8.69. The van der Waals surface area contributed by atoms with Gasteiger partial charge in [-0.05, 0) is 101 Å². The number of benzene rings is 5. The van der Waals surface area contributed by atoms with Gasteiger partial charge in [-0.3, -0.25) is 4.79 Å². The fourth-order valence-corrected chi connectivity index (χ4v) is 6.01. The van der Waals surface area contributed by atoms with Crippen molar-refractivity contribution in [3.63, 3.8) is 0 Å². The molecule has 0 radical (unpaired) electrons. The van der Waals surface area contributed by atoms with Crippen LogP contribution in [0.15, 0.2) is 120 Å². The van der Waals surface area contributed by atoms with Gasteiger partial charge in [0.2, 0.25) is 5.56 Å². The van der Waals surface area contributed by atoms with Crippen LogP contribution in [-0.2, 0) is 19.5 Å². The van der Waals surface area contributed by atoms with E-state index in [1.807, 2.05) is 24.3 Å². The van der Waals surface area contributed by atoms with E-state index in [4.69, 9.17) is 9.47 Å². The Morgan fingerprint density at radius 1 is 0.740 bits per heavy atom. The van der Waals surface area contributed by atoms with Crippen LogP contribution in [0.3, 0.4) is 0 Å². The minimum absolute atomic E-state index is 0.0252. The fraction of sp³-hybridized carbons (Fsp3) is 0.195. The predicted octanol–water partition coefficient (Wildman–Crippen LogP) is 6.82. The molecule has 6 aromatic rings. The number of aliphatic hydroxyl groups is 1. The summed E-state index contributed by atoms with van der Waals surface area (Å²) in [6.07, 6.45) is -0.0107. The molecule has 0 unspecified atom stereocenters. The summed E-state index contributed by atoms with van der Waals surface area (Å²) in [5.41, 5.74) is 8.23. The molecule has 5 aromatic carbocycles. The Labute approximate surface area is 291 Å². The SMILES string of the molecule is COc1ccc(CNCc2cccc(-c3cc(Nc4ccc(CCNC[C@H](O)c5ccc(O)c6[nH]c(=O)ccc56)cc4)ccc3OC)c2)cc1. The molecular formula is C41H42N4O5. The summed E-state index contributed by atoms with van der Waals surface area (Å²) in [7, 11) is 3.37. The van der Waals surface area contributed by atoms with Crippen molar-refractivity contribution in [2.24, 2.45) is 0 Å². The molecule has 0 bridgehead atoms. The van der Waals surface area contributed by atoms with Crippen LogP contribution in [-0.4, -0.2) is 42.5 Å². The normalized spacial score (nSPS) is 11.7. The fourth-order valence-electron chi connectivity index (χ4n) is 6.01. The minimum Gasteiger partial charge on any atom is -0.506 e. The van der Waals surface area contributed by atoms with Crippen LogP contribution in [0.1, 0.15) is 28.4 Å². The summed E-state index contributed by atoms with van der Waals surface area (Å²) in [6.45, 7) is 2.51. The highest BCUT2D eigenvalue weighted by atomic mass is 16.5. The maximum absolute atomic E-state index is 11.7. The first-order chi connectivity index (χ1) is 24.4. The number of anilines is 2. The predicted molar refractivity (Wildman–Crippen MR) is 199 cm³/mol. The Balaban J connectivity index is 1.02. The molecule has 0 saturated carbocycles. The first kappa shape index (κ1) is 34.3. The lowest BCUT2D eigenvalue weighted by molar-refractivity contribution is 0.176. The highest BCUT2D eigenvalue weighted by Gasteiger charge is 2.14. The van der Waals surface area contributed by atoms with Gasteiger partial charge in [0.15, 0.2) is 0 Å². The Hall–Kier alpha value is -5.61. The molecule has 6 N–H and O–H groups in total. The van der Waals surface area contributed by atoms with E-state index >= 15 is 0 Å². The van der Waals surface area contributed by atoms with Crippen LogP contribution in [0.25, 0.3) is 22.0 Å². The van der Waals surface area contributed by atoms with Crippen molar-refractivity contribution in [1.82, 2.24) is 15.6 Å². The Kier molecular flexibility index (Phi) is 11.1. The maximum Gasteiger partial charge on any atom is 0.248 e. The lowest BCUT2D eigenvalue weighted by Crippen LogP contribution is -2.24. The molecule has 0 saturated heterocycles. The zero-order valence-corrected chi connectivity index (χ0v) is 28.2. The standard InChI is InChI=1S/C41H42N4O5/c1-49-33-13-8-28(9-14-33)24-43-25-29-4-3-5-30(22-29)36-23-32(12-18-39(36)50-2)44-31-10-6-27(7-11-31)20-21-42-26-38(47)34-15-17-37(46)41-35(34)16-19-40(48)45-41/h3-19,22-23,38,42-44,46-47H,20-21,24-26H2,1-2H3,(H,45,48)/t38-/m0/s1. The summed E-state index contributed by atoms with van der Waals surface area (Å²) in [5.74, 6) is 1.63. The third kappa shape index (κ3) is 8.51. The number of methoxy groups -OCH3 is 2. The van der Waals surface area contributed by atoms with Gasteiger partial charge in [-0.25, -0.2) is 0 Å². The molecule has 0 aliphatic carbocycles. The number of phenolic OH excluding ortho intramolecular Hbond substituents is 1. The molecule has 9 heteroatoms. The Bertz CT molecular complexity index is 2100. The molecular weight excluding hydrogens is 628 g/mol. The lowest BCUT2D eigenvalue weighted by atomic mass is 10.0. The Morgan fingerprint density at radius 2 is 1.50 bits per heavy atom. The van der Waals surface area contributed by atoms with E-state index in [2.05, 4.69) is 87.7 Å². The van der Waals surface area contributed by atoms with Crippen LogP contribution < -0.4 is 31.0 Å². The van der Waals surface area contributed by atoms with E-state index in [1.165, 1.54) is 23.3 Å². The van der Waals surface area contributed by atoms with Gasteiger partial charge < -0.3 is 40.6 Å². The smallest absolute Gasteiger partial charge is 0.248 e. The highest BCUT2D eigenvalue weighted by Crippen LogP contribution is 2.34. The topological polar surface area (TPSA) is 128 Å². The number of phenols is 1. The number of rotatable bonds is 15. The number of hydrogen-bond donors (Lipinski definition) is 6. The first-order valence-corrected chi connectivity index (χ1v) is 16.6. The molecule has 0 aliphatic rings. The van der Waals surface area contributed by atoms with Crippen LogP contribution in [0.5, 0.6) is 17.2 Å². The van der Waals surface area contributed by atoms with Crippen molar-refractivity contribution in [3.8, 4) is 28.4 Å². The average molecular weight is 671 g/mol. The quantitative estimate of drug-likeness (QED) is 0.0658. The number of ether oxygens (including phenoxy) is 2. The third-order valence-electron chi connectivity index (χ3n) is 8.69. The molecule has 0 amide bonds. The van der Waals surface area contributed by atoms with E-state index in [0.29, 0.717) is 29.6 Å². The number of pyridine rings is 1. The van der Waals surface area contributed by atoms with E-state index in [1.54, 1.807) is 26.4 Å². The number of aromatic hydroxyl groups is 1. The molecule has 9 nitrogen and oxygen atoms in total. The van der Waals surface area contributed by atoms with Crippen molar-refractivity contribution < 1.29 is 19.7 Å². The molecule has 1 atom stereocenters. The van der Waals surface area contributed by atoms with Crippen molar-refractivity contribution in [1.29, 1.82) is 0 Å². The number of aromatic amines is 1. The number of H-pyrrole nitrogens is 1. The zero-order chi connectivity index (χ0) is 34.9. The zero-order valence-electron chi connectivity index (χ0n) is 28.2. The van der Waals surface area contributed by atoms with Gasteiger partial charge in [0.25, 0.3) is 0 Å². The number of aliphatic hydroxyl groups excluding tert-OH is 1. The number of hydrogen-bond acceptors (Lipinski definition) is 8. The Morgan fingerprint density at radius 3 is 2.28 bits per heavy atom. The molecule has 50 heavy (non-hydrogen) atoms. The lowest BCUT2D eigenvalue weighted by Gasteiger charge is -2.15. The first-order valence-electron chi connectivity index (χ1n) is 16.6. The second-order valence-corrected chi connectivity index (χ2v) is 12.1. The molecule has 1 aromatic heterocycles. The monoisotopic (exact) mass is 670 g/mol. The molecule has 0 aliphatic heterocycles. The van der Waals surface area contributed by atoms with Crippen molar-refractivity contribution >= 4 is 22.3 Å². The van der Waals surface area contributed by atoms with Gasteiger partial charge in [0, 0.05) is 48.0 Å². The second kappa shape index (κ2) is 16.2. The number of aromatic nitrogens is 1. The summed E-state index contributed by atoms with van der Waals surface area (Å²) in [5, 5.41) is 31.9. The summed E-state index contributed by atoms with van der Waals surface area (Å²) < 4.78 is 11.0. The van der Waals surface area contributed by atoms with Crippen LogP contribution in [0, 0.1) is 0 Å². The van der Waals surface area contributed by atoms with Gasteiger partial charge in [-0.15, -0.1) is 0 Å². The average Bonchev–Trinajstić information content (AvgIpc) is 3.14. The summed E-state index contributed by atoms with van der Waals surface area (Å²) in [6, 6.07) is 37.2. The minimum atomic E-state index is -0.797. The van der Waals surface area contributed by atoms with Crippen molar-refractivity contribution in [2.45, 2.75) is 25.6 Å². The second-order valence-electron chi connectivity index (χ2n) is 12.1. The van der Waals surface area contributed by atoms with Crippen molar-refractivity contribution in [2.75, 3.05) is 32.6 Å². The molecule has 6 rings (SSSR count). The van der Waals surface area contributed by atoms with Gasteiger partial charge in [-0.2, -0.15) is 0 Å². The molecule has 0 fully saturated rings. The van der Waals surface area contributed by atoms with E-state index < -0.39 is 6.10 Å². The van der Waals surface area contributed by atoms with Gasteiger partial charge >= 0.3 is 0 Å². The largest absolute Gasteiger partial charge is 0.506 e. The van der Waals surface area contributed by atoms with Crippen LogP contribution >= 0.6 is 0 Å². The van der Waals surface area contributed by atoms with Gasteiger partial charge in [0.1, 0.15) is 17.2 Å².